The number of benzene rings is 2. The summed E-state index contributed by atoms with van der Waals surface area (Å²) in [7, 11) is 0. The Morgan fingerprint density at radius 2 is 1.76 bits per heavy atom. The highest BCUT2D eigenvalue weighted by Crippen LogP contribution is 2.24. The number of piperazine rings is 1. The van der Waals surface area contributed by atoms with Crippen LogP contribution < -0.4 is 9.64 Å². The molecule has 5 heteroatoms. The number of anilines is 1. The molecule has 1 amide bonds. The molecule has 29 heavy (non-hydrogen) atoms. The number of rotatable bonds is 4. The molecule has 1 aromatic heterocycles. The van der Waals surface area contributed by atoms with E-state index in [2.05, 4.69) is 41.9 Å². The molecule has 1 saturated heterocycles. The molecule has 0 atom stereocenters. The van der Waals surface area contributed by atoms with E-state index in [1.807, 2.05) is 35.2 Å². The minimum Gasteiger partial charge on any atom is -0.439 e. The molecule has 4 rings (SSSR count). The Bertz CT molecular complexity index is 996. The highest BCUT2D eigenvalue weighted by molar-refractivity contribution is 5.94. The fourth-order valence-electron chi connectivity index (χ4n) is 3.61. The Hall–Kier alpha value is -3.34. The van der Waals surface area contributed by atoms with Gasteiger partial charge in [0.25, 0.3) is 5.91 Å². The number of carbonyl (C=O) groups excluding carboxylic acids is 1. The Morgan fingerprint density at radius 1 is 0.931 bits per heavy atom. The van der Waals surface area contributed by atoms with Crippen LogP contribution in [0.5, 0.6) is 11.6 Å². The summed E-state index contributed by atoms with van der Waals surface area (Å²) < 4.78 is 5.77. The molecule has 2 heterocycles. The van der Waals surface area contributed by atoms with Gasteiger partial charge in [-0.2, -0.15) is 0 Å². The molecule has 1 aliphatic heterocycles. The number of carbonyl (C=O) groups is 1. The van der Waals surface area contributed by atoms with Crippen molar-refractivity contribution in [2.45, 2.75) is 13.8 Å². The molecule has 0 bridgehead atoms. The van der Waals surface area contributed by atoms with Crippen molar-refractivity contribution in [2.24, 2.45) is 0 Å². The molecule has 5 nitrogen and oxygen atoms in total. The first-order chi connectivity index (χ1) is 14.1. The van der Waals surface area contributed by atoms with Crippen LogP contribution in [0.4, 0.5) is 5.69 Å². The lowest BCUT2D eigenvalue weighted by atomic mass is 10.1. The number of amides is 1. The van der Waals surface area contributed by atoms with Crippen molar-refractivity contribution in [3.63, 3.8) is 0 Å². The van der Waals surface area contributed by atoms with E-state index in [0.717, 1.165) is 13.1 Å². The Labute approximate surface area is 171 Å². The normalized spacial score (nSPS) is 14.0. The molecule has 1 fully saturated rings. The lowest BCUT2D eigenvalue weighted by Crippen LogP contribution is -2.49. The fourth-order valence-corrected chi connectivity index (χ4v) is 3.61. The van der Waals surface area contributed by atoms with Gasteiger partial charge in [0.1, 0.15) is 5.75 Å². The standard InChI is InChI=1S/C24H25N3O2/c1-18-9-10-19(2)22(16-18)26-12-14-27(15-13-26)24(28)20-6-5-7-21(17-20)29-23-8-3-4-11-25-23/h3-11,16-17H,12-15H2,1-2H3. The summed E-state index contributed by atoms with van der Waals surface area (Å²) in [5.41, 5.74) is 4.44. The molecule has 148 valence electrons. The van der Waals surface area contributed by atoms with Crippen molar-refractivity contribution in [1.29, 1.82) is 0 Å². The van der Waals surface area contributed by atoms with Gasteiger partial charge in [-0.05, 0) is 55.3 Å². The van der Waals surface area contributed by atoms with E-state index in [-0.39, 0.29) is 5.91 Å². The van der Waals surface area contributed by atoms with Crippen LogP contribution in [0, 0.1) is 13.8 Å². The number of pyridine rings is 1. The maximum absolute atomic E-state index is 13.0. The van der Waals surface area contributed by atoms with Crippen molar-refractivity contribution in [1.82, 2.24) is 9.88 Å². The van der Waals surface area contributed by atoms with E-state index < -0.39 is 0 Å². The minimum atomic E-state index is 0.0390. The van der Waals surface area contributed by atoms with E-state index in [1.54, 1.807) is 18.3 Å². The number of nitrogens with zero attached hydrogens (tertiary/aromatic N) is 3. The predicted octanol–water partition coefficient (Wildman–Crippen LogP) is 4.45. The second kappa shape index (κ2) is 8.35. The topological polar surface area (TPSA) is 45.7 Å². The van der Waals surface area contributed by atoms with Crippen molar-refractivity contribution in [3.05, 3.63) is 83.6 Å². The smallest absolute Gasteiger partial charge is 0.254 e. The number of aromatic nitrogens is 1. The molecule has 0 unspecified atom stereocenters. The largest absolute Gasteiger partial charge is 0.439 e. The van der Waals surface area contributed by atoms with Crippen LogP contribution in [0.15, 0.2) is 66.9 Å². The van der Waals surface area contributed by atoms with Gasteiger partial charge in [-0.15, -0.1) is 0 Å². The third-order valence-electron chi connectivity index (χ3n) is 5.21. The number of aryl methyl sites for hydroxylation is 2. The fraction of sp³-hybridized carbons (Fsp3) is 0.250. The molecule has 1 aliphatic rings. The monoisotopic (exact) mass is 387 g/mol. The highest BCUT2D eigenvalue weighted by Gasteiger charge is 2.23. The number of hydrogen-bond acceptors (Lipinski definition) is 4. The van der Waals surface area contributed by atoms with Crippen LogP contribution in [0.3, 0.4) is 0 Å². The quantitative estimate of drug-likeness (QED) is 0.663. The summed E-state index contributed by atoms with van der Waals surface area (Å²) >= 11 is 0. The summed E-state index contributed by atoms with van der Waals surface area (Å²) in [5.74, 6) is 1.17. The second-order valence-electron chi connectivity index (χ2n) is 7.37. The van der Waals surface area contributed by atoms with E-state index in [9.17, 15) is 4.79 Å². The van der Waals surface area contributed by atoms with Gasteiger partial charge in [-0.25, -0.2) is 4.98 Å². The van der Waals surface area contributed by atoms with Gasteiger partial charge in [0, 0.05) is 49.7 Å². The van der Waals surface area contributed by atoms with Crippen molar-refractivity contribution in [2.75, 3.05) is 31.1 Å². The van der Waals surface area contributed by atoms with Gasteiger partial charge < -0.3 is 14.5 Å². The summed E-state index contributed by atoms with van der Waals surface area (Å²) in [4.78, 5) is 21.5. The molecule has 0 spiro atoms. The van der Waals surface area contributed by atoms with Crippen LogP contribution in [-0.4, -0.2) is 42.0 Å². The zero-order chi connectivity index (χ0) is 20.2. The molecular weight excluding hydrogens is 362 g/mol. The van der Waals surface area contributed by atoms with Crippen molar-refractivity contribution < 1.29 is 9.53 Å². The lowest BCUT2D eigenvalue weighted by Gasteiger charge is -2.37. The highest BCUT2D eigenvalue weighted by atomic mass is 16.5. The van der Waals surface area contributed by atoms with E-state index >= 15 is 0 Å². The van der Waals surface area contributed by atoms with Crippen molar-refractivity contribution >= 4 is 11.6 Å². The summed E-state index contributed by atoms with van der Waals surface area (Å²) in [5, 5.41) is 0. The van der Waals surface area contributed by atoms with Gasteiger partial charge in [0.05, 0.1) is 0 Å². The first kappa shape index (κ1) is 19.0. The zero-order valence-corrected chi connectivity index (χ0v) is 16.8. The average molecular weight is 387 g/mol. The zero-order valence-electron chi connectivity index (χ0n) is 16.8. The Kier molecular flexibility index (Phi) is 5.47. The first-order valence-electron chi connectivity index (χ1n) is 9.90. The summed E-state index contributed by atoms with van der Waals surface area (Å²) in [6, 6.07) is 19.3. The third kappa shape index (κ3) is 4.40. The first-order valence-corrected chi connectivity index (χ1v) is 9.90. The van der Waals surface area contributed by atoms with Gasteiger partial charge in [-0.3, -0.25) is 4.79 Å². The maximum atomic E-state index is 13.0. The van der Waals surface area contributed by atoms with E-state index in [1.165, 1.54) is 16.8 Å². The van der Waals surface area contributed by atoms with Gasteiger partial charge in [0.2, 0.25) is 5.88 Å². The molecule has 0 saturated carbocycles. The number of ether oxygens (including phenoxy) is 1. The van der Waals surface area contributed by atoms with Crippen molar-refractivity contribution in [3.8, 4) is 11.6 Å². The van der Waals surface area contributed by atoms with Gasteiger partial charge in [0.15, 0.2) is 0 Å². The average Bonchev–Trinajstić information content (AvgIpc) is 2.76. The van der Waals surface area contributed by atoms with Gasteiger partial charge in [-0.1, -0.05) is 24.3 Å². The second-order valence-corrected chi connectivity index (χ2v) is 7.37. The van der Waals surface area contributed by atoms with Crippen LogP contribution in [0.25, 0.3) is 0 Å². The summed E-state index contributed by atoms with van der Waals surface area (Å²) in [6.07, 6.45) is 1.68. The lowest BCUT2D eigenvalue weighted by molar-refractivity contribution is 0.0746. The van der Waals surface area contributed by atoms with Gasteiger partial charge >= 0.3 is 0 Å². The Balaban J connectivity index is 1.42. The Morgan fingerprint density at radius 3 is 2.52 bits per heavy atom. The molecule has 0 aliphatic carbocycles. The SMILES string of the molecule is Cc1ccc(C)c(N2CCN(C(=O)c3cccc(Oc4ccccn4)c3)CC2)c1. The van der Waals surface area contributed by atoms with Crippen LogP contribution >= 0.6 is 0 Å². The van der Waals surface area contributed by atoms with Crippen LogP contribution in [-0.2, 0) is 0 Å². The molecule has 3 aromatic rings. The predicted molar refractivity (Wildman–Crippen MR) is 115 cm³/mol. The number of hydrogen-bond donors (Lipinski definition) is 0. The summed E-state index contributed by atoms with van der Waals surface area (Å²) in [6.45, 7) is 7.33. The van der Waals surface area contributed by atoms with Crippen LogP contribution in [0.1, 0.15) is 21.5 Å². The van der Waals surface area contributed by atoms with Crippen LogP contribution in [0.2, 0.25) is 0 Å². The minimum absolute atomic E-state index is 0.0390. The maximum Gasteiger partial charge on any atom is 0.254 e. The third-order valence-corrected chi connectivity index (χ3v) is 5.21. The molecule has 0 N–H and O–H groups in total. The molecular formula is C24H25N3O2. The van der Waals surface area contributed by atoms with E-state index in [0.29, 0.717) is 30.3 Å². The molecule has 0 radical (unpaired) electrons. The van der Waals surface area contributed by atoms with E-state index in [4.69, 9.17) is 4.74 Å². The molecule has 2 aromatic carbocycles.